The number of hydrogen-bond donors (Lipinski definition) is 18. The number of carbonyl (C=O) groups excluding carboxylic acids is 4. The molecule has 51 heteroatoms. The van der Waals surface area contributed by atoms with E-state index in [4.69, 9.17) is 76.8 Å². The first kappa shape index (κ1) is 101. The number of hydrazine groups is 2. The molecule has 0 heterocycles. The van der Waals surface area contributed by atoms with E-state index in [0.717, 1.165) is 73.1 Å². The van der Waals surface area contributed by atoms with Gasteiger partial charge < -0.3 is 85.9 Å². The van der Waals surface area contributed by atoms with E-state index in [1.807, 2.05) is 27.7 Å². The Hall–Kier alpha value is -9.88. The number of rotatable bonds is 32. The Kier molecular flexibility index (Phi) is 35.0. The van der Waals surface area contributed by atoms with Crippen molar-refractivity contribution in [3.05, 3.63) is 195 Å². The molecule has 0 bridgehead atoms. The predicted octanol–water partition coefficient (Wildman–Crippen LogP) is 10.1. The molecule has 0 aliphatic rings. The van der Waals surface area contributed by atoms with Crippen molar-refractivity contribution in [1.82, 2.24) is 43.2 Å². The minimum Gasteiger partial charge on any atom is -0.744 e. The van der Waals surface area contributed by atoms with E-state index in [9.17, 15) is 91.5 Å². The van der Waals surface area contributed by atoms with Gasteiger partial charge >= 0.3 is 0 Å². The average molecular weight is 2160 g/mol. The maximum absolute atomic E-state index is 13.5. The molecule has 8 aromatic rings. The van der Waals surface area contributed by atoms with Gasteiger partial charge in [0, 0.05) is 79.2 Å². The van der Waals surface area contributed by atoms with Crippen molar-refractivity contribution in [1.29, 1.82) is 0 Å². The fraction of sp³-hybridized carbons (Fsp3) is 0.162. The SMILES string of the molecule is CC(C)(CNC(=S)Nc1ccc(/C=C/c2ccc(NC(=S)NNC(=O)C(Nc3ccc(Cl)cc3)C(=O)N/N=C/c3cc(Br)c(O)c(Br)c3O)cc2S(=O)(=O)[O-])c(S(=O)(=O)[O-])c1)COCC(C)(C)CNC(=S)Nc1ccc(/C=C/c2ccc(NC(=S)NNC(=O)C(Nc3ccc(Cl)cc3)C(=O)N/N=C/c3cc(Br)c(O)c(Br)c3O)cc2S(=O)(=O)[O-])c(S(=O)(=O)[O-])c1. The molecule has 8 rings (SSSR count). The maximum Gasteiger partial charge on any atom is 0.272 e. The smallest absolute Gasteiger partial charge is 0.272 e. The first-order valence-corrected chi connectivity index (χ1v) is 46.2. The number of aromatic hydroxyl groups is 4. The summed E-state index contributed by atoms with van der Waals surface area (Å²) >= 11 is 45.9. The lowest BCUT2D eigenvalue weighted by Crippen LogP contribution is -2.54. The van der Waals surface area contributed by atoms with Gasteiger partial charge in [0.15, 0.2) is 32.5 Å². The molecule has 0 radical (unpaired) electrons. The van der Waals surface area contributed by atoms with Crippen LogP contribution in [0.5, 0.6) is 23.0 Å². The number of thiocarbonyl (C=S) groups is 4. The van der Waals surface area contributed by atoms with E-state index < -0.39 is 118 Å². The molecule has 0 aliphatic carbocycles. The summed E-state index contributed by atoms with van der Waals surface area (Å²) in [5.41, 5.74) is 11.8. The molecule has 2 unspecified atom stereocenters. The number of phenolic OH excluding ortho intramolecular Hbond substituents is 4. The Morgan fingerprint density at radius 2 is 0.680 bits per heavy atom. The van der Waals surface area contributed by atoms with Crippen LogP contribution in [0.15, 0.2) is 181 Å². The summed E-state index contributed by atoms with van der Waals surface area (Å²) in [4.78, 5) is 50.6. The number of hydrogen-bond acceptors (Lipinski definition) is 29. The largest absolute Gasteiger partial charge is 0.744 e. The molecule has 8 aromatic carbocycles. The quantitative estimate of drug-likeness (QED) is 0.00465. The van der Waals surface area contributed by atoms with Crippen LogP contribution in [0, 0.1) is 10.8 Å². The van der Waals surface area contributed by atoms with Gasteiger partial charge in [-0.15, -0.1) is 0 Å². The molecule has 0 spiro atoms. The third kappa shape index (κ3) is 30.2. The van der Waals surface area contributed by atoms with E-state index in [1.54, 1.807) is 0 Å². The van der Waals surface area contributed by atoms with E-state index >= 15 is 0 Å². The van der Waals surface area contributed by atoms with Gasteiger partial charge in [0.1, 0.15) is 72.4 Å². The lowest BCUT2D eigenvalue weighted by molar-refractivity contribution is -0.132. The van der Waals surface area contributed by atoms with Crippen LogP contribution in [-0.4, -0.2) is 167 Å². The summed E-state index contributed by atoms with van der Waals surface area (Å²) in [6.45, 7) is 8.11. The first-order chi connectivity index (χ1) is 58.3. The highest BCUT2D eigenvalue weighted by atomic mass is 79.9. The second-order valence-corrected chi connectivity index (χ2v) is 38.8. The van der Waals surface area contributed by atoms with Crippen molar-refractivity contribution in [2.24, 2.45) is 21.0 Å². The highest BCUT2D eigenvalue weighted by Gasteiger charge is 2.31. The van der Waals surface area contributed by atoms with Crippen LogP contribution in [0.2, 0.25) is 10.0 Å². The van der Waals surface area contributed by atoms with Crippen LogP contribution in [0.4, 0.5) is 34.1 Å². The number of nitrogens with one attached hydrogen (secondary N) is 14. The van der Waals surface area contributed by atoms with Crippen molar-refractivity contribution in [3.63, 3.8) is 0 Å². The number of halogens is 6. The number of ether oxygens (including phenoxy) is 1. The molecule has 0 saturated carbocycles. The number of nitrogens with zero attached hydrogens (tertiary/aromatic N) is 2. The summed E-state index contributed by atoms with van der Waals surface area (Å²) in [6.07, 6.45) is 6.39. The van der Waals surface area contributed by atoms with E-state index in [0.29, 0.717) is 10.0 Å². The normalized spacial score (nSPS) is 12.5. The molecular formula is C74H68Br4Cl2N16O21S8-4. The minimum absolute atomic E-state index is 0.00286. The molecule has 37 nitrogen and oxygen atoms in total. The Labute approximate surface area is 779 Å². The fourth-order valence-corrected chi connectivity index (χ4v) is 16.5. The maximum atomic E-state index is 13.5. The van der Waals surface area contributed by atoms with E-state index in [2.05, 4.69) is 149 Å². The van der Waals surface area contributed by atoms with Gasteiger partial charge in [0.05, 0.1) is 54.2 Å². The molecule has 2 atom stereocenters. The monoisotopic (exact) mass is 2160 g/mol. The van der Waals surface area contributed by atoms with Gasteiger partial charge in [-0.1, -0.05) is 99.5 Å². The van der Waals surface area contributed by atoms with Crippen LogP contribution >= 0.6 is 136 Å². The van der Waals surface area contributed by atoms with Gasteiger partial charge in [-0.25, -0.2) is 44.5 Å². The number of carbonyl (C=O) groups is 4. The van der Waals surface area contributed by atoms with Gasteiger partial charge in [-0.3, -0.25) is 40.9 Å². The second kappa shape index (κ2) is 43.5. The zero-order valence-electron chi connectivity index (χ0n) is 64.3. The summed E-state index contributed by atoms with van der Waals surface area (Å²) in [7, 11) is -21.1. The zero-order valence-corrected chi connectivity index (χ0v) is 78.7. The number of anilines is 6. The van der Waals surface area contributed by atoms with Crippen LogP contribution < -0.4 is 75.1 Å². The third-order valence-electron chi connectivity index (χ3n) is 16.6. The van der Waals surface area contributed by atoms with Gasteiger partial charge in [0.2, 0.25) is 0 Å². The highest BCUT2D eigenvalue weighted by molar-refractivity contribution is 9.11. The molecule has 18 N–H and O–H groups in total. The lowest BCUT2D eigenvalue weighted by Gasteiger charge is -2.30. The summed E-state index contributed by atoms with van der Waals surface area (Å²) in [5.74, 6) is -5.61. The van der Waals surface area contributed by atoms with Gasteiger partial charge in [-0.05, 0) is 244 Å². The van der Waals surface area contributed by atoms with Crippen LogP contribution in [0.25, 0.3) is 24.3 Å². The van der Waals surface area contributed by atoms with Crippen molar-refractivity contribution in [3.8, 4) is 23.0 Å². The molecule has 664 valence electrons. The first-order valence-electron chi connectivity index (χ1n) is 35.0. The van der Waals surface area contributed by atoms with E-state index in [1.165, 1.54) is 97.1 Å². The van der Waals surface area contributed by atoms with Crippen molar-refractivity contribution in [2.45, 2.75) is 59.4 Å². The third-order valence-corrected chi connectivity index (χ3v) is 24.3. The summed E-state index contributed by atoms with van der Waals surface area (Å²) in [6, 6.07) is 24.7. The molecular weight excluding hydrogens is 2100 g/mol. The Morgan fingerprint density at radius 1 is 0.408 bits per heavy atom. The fourth-order valence-electron chi connectivity index (χ4n) is 10.4. The van der Waals surface area contributed by atoms with Crippen LogP contribution in [0.1, 0.15) is 61.1 Å². The van der Waals surface area contributed by atoms with Gasteiger partial charge in [0.25, 0.3) is 23.6 Å². The van der Waals surface area contributed by atoms with Gasteiger partial charge in [-0.2, -0.15) is 10.2 Å². The molecule has 0 saturated heterocycles. The Morgan fingerprint density at radius 3 is 0.960 bits per heavy atom. The number of hydrazone groups is 2. The topological polar surface area (TPSA) is 580 Å². The minimum atomic E-state index is -5.30. The van der Waals surface area contributed by atoms with Crippen molar-refractivity contribution < 1.29 is 96.2 Å². The summed E-state index contributed by atoms with van der Waals surface area (Å²) < 4.78 is 158. The van der Waals surface area contributed by atoms with Crippen LogP contribution in [0.3, 0.4) is 0 Å². The molecule has 125 heavy (non-hydrogen) atoms. The lowest BCUT2D eigenvalue weighted by atomic mass is 9.93. The number of benzene rings is 8. The zero-order chi connectivity index (χ0) is 92.4. The number of amides is 4. The molecule has 4 amide bonds. The van der Waals surface area contributed by atoms with E-state index in [-0.39, 0.29) is 144 Å². The van der Waals surface area contributed by atoms with Crippen LogP contribution in [-0.2, 0) is 64.4 Å². The predicted molar refractivity (Wildman–Crippen MR) is 497 cm³/mol. The average Bonchev–Trinajstić information content (AvgIpc) is 0.772. The second-order valence-electron chi connectivity index (χ2n) is 27.6. The summed E-state index contributed by atoms with van der Waals surface area (Å²) in [5, 5.41) is 70.8. The van der Waals surface area contributed by atoms with Crippen molar-refractivity contribution in [2.75, 3.05) is 58.2 Å². The molecule has 0 aromatic heterocycles. The Bertz CT molecular complexity index is 5810. The highest BCUT2D eigenvalue weighted by Crippen LogP contribution is 2.42. The van der Waals surface area contributed by atoms with Crippen molar-refractivity contribution >= 4 is 291 Å². The number of phenols is 4. The standard InChI is InChI=1S/C74H72Br4Cl2N16O21S8/c1-73(2,33-81-69(118)87-47-17-9-37(53(27-47)122(105,106)107)5-7-39-11-19-49(29-55(39)124(111,112)113)89-71(120)95-93-67(103)59(85-45-21-13-43(79)14-22-45)65(101)91-83-31-41-25-51(75)63(99)57(77)61(41)97)35-117-36-74(3,4)34-82-70(119)88-48-18-10-38(54(28-48)123(108,109)110)6-8-40-12-20-50(30-56(40)125(114,115)116)90-72(121)96-94-68(104)60(86-46-23-15-44(80)16-24-46)66(102)92-84-32-42-26-52(76)64(100)58(78)62(42)98/h5-32,59-60,85-86,97-100H,33-36H2,1-4H3,(H,91,101)(H,92,102)(H,93,103)(H,94,104)(H2,81,87,118)(H2,82,88,119)(H2,89,95,120)(H2,90,96,121)(H,105,106,107)(H,108,109,110)(H,111,112,113)(H,114,115,116)/p-4/b7-5+,8-6+,83-31+,84-32+. The Balaban J connectivity index is 0.804. The molecule has 0 fully saturated rings. The molecule has 0 aliphatic heterocycles.